The Morgan fingerprint density at radius 1 is 1.10 bits per heavy atom. The first-order valence-electron chi connectivity index (χ1n) is 14.7. The topological polar surface area (TPSA) is 90.4 Å². The molecule has 9 heteroatoms. The molecule has 0 unspecified atom stereocenters. The van der Waals surface area contributed by atoms with Crippen molar-refractivity contribution in [2.24, 2.45) is 0 Å². The van der Waals surface area contributed by atoms with E-state index < -0.39 is 17.8 Å². The molecule has 0 radical (unpaired) electrons. The fraction of sp³-hybridized carbons (Fsp3) is 0.485. The highest BCUT2D eigenvalue weighted by Crippen LogP contribution is 2.40. The molecule has 2 aromatic carbocycles. The van der Waals surface area contributed by atoms with Crippen LogP contribution in [0.15, 0.2) is 54.9 Å². The first-order valence-corrected chi connectivity index (χ1v) is 14.7. The van der Waals surface area contributed by atoms with Crippen molar-refractivity contribution in [3.8, 4) is 16.9 Å². The monoisotopic (exact) mass is 575 g/mol. The van der Waals surface area contributed by atoms with Crippen LogP contribution in [0.1, 0.15) is 45.6 Å². The Labute approximate surface area is 247 Å². The SMILES string of the molecule is COCCCOc1cc(CN(C(=O)[C@H]2CN(C(=O)OC(C)(C)C)CCO2)C2CC2)c(-c2cccnc2)c2ccccc12. The number of nitrogens with zero attached hydrogens (tertiary/aromatic N) is 3. The molecule has 2 fully saturated rings. The summed E-state index contributed by atoms with van der Waals surface area (Å²) in [6.45, 7) is 7.87. The minimum Gasteiger partial charge on any atom is -0.493 e. The molecule has 0 N–H and O–H groups in total. The van der Waals surface area contributed by atoms with E-state index in [2.05, 4.69) is 23.2 Å². The lowest BCUT2D eigenvalue weighted by atomic mass is 9.93. The molecule has 1 aromatic heterocycles. The molecule has 42 heavy (non-hydrogen) atoms. The maximum Gasteiger partial charge on any atom is 0.410 e. The summed E-state index contributed by atoms with van der Waals surface area (Å²) in [5.41, 5.74) is 2.37. The number of benzene rings is 2. The summed E-state index contributed by atoms with van der Waals surface area (Å²) in [5.74, 6) is 0.663. The van der Waals surface area contributed by atoms with Crippen LogP contribution in [0.25, 0.3) is 21.9 Å². The van der Waals surface area contributed by atoms with Gasteiger partial charge in [-0.1, -0.05) is 30.3 Å². The summed E-state index contributed by atoms with van der Waals surface area (Å²) in [4.78, 5) is 34.7. The Hall–Kier alpha value is -3.69. The highest BCUT2D eigenvalue weighted by molar-refractivity contribution is 6.01. The van der Waals surface area contributed by atoms with E-state index in [1.54, 1.807) is 18.2 Å². The fourth-order valence-electron chi connectivity index (χ4n) is 5.31. The molecule has 0 spiro atoms. The Bertz CT molecular complexity index is 1390. The highest BCUT2D eigenvalue weighted by atomic mass is 16.6. The number of fused-ring (bicyclic) bond motifs is 1. The molecule has 2 amide bonds. The van der Waals surface area contributed by atoms with Gasteiger partial charge in [0.25, 0.3) is 5.91 Å². The minimum atomic E-state index is -0.751. The standard InChI is InChI=1S/C33H41N3O6/c1-33(2,3)42-32(38)35-15-18-41-29(22-35)31(37)36(25-12-13-25)21-24-19-28(40-17-8-16-39-4)26-10-5-6-11-27(26)30(24)23-9-7-14-34-20-23/h5-7,9-11,14,19-20,25,29H,8,12-13,15-18,21-22H2,1-4H3/t29-/m1/s1. The number of amides is 2. The van der Waals surface area contributed by atoms with E-state index in [-0.39, 0.29) is 25.1 Å². The van der Waals surface area contributed by atoms with Crippen molar-refractivity contribution in [3.05, 3.63) is 60.4 Å². The van der Waals surface area contributed by atoms with Gasteiger partial charge < -0.3 is 28.7 Å². The molecule has 1 saturated heterocycles. The number of carbonyl (C=O) groups excluding carboxylic acids is 2. The van der Waals surface area contributed by atoms with Crippen LogP contribution in [0.2, 0.25) is 0 Å². The highest BCUT2D eigenvalue weighted by Gasteiger charge is 2.40. The number of ether oxygens (including phenoxy) is 4. The second kappa shape index (κ2) is 13.1. The van der Waals surface area contributed by atoms with Crippen molar-refractivity contribution >= 4 is 22.8 Å². The fourth-order valence-corrected chi connectivity index (χ4v) is 5.31. The van der Waals surface area contributed by atoms with Gasteiger partial charge in [0.05, 0.1) is 19.8 Å². The molecule has 1 aliphatic carbocycles. The minimum absolute atomic E-state index is 0.112. The lowest BCUT2D eigenvalue weighted by Gasteiger charge is -2.36. The summed E-state index contributed by atoms with van der Waals surface area (Å²) < 4.78 is 23.0. The summed E-state index contributed by atoms with van der Waals surface area (Å²) in [5, 5.41) is 2.04. The van der Waals surface area contributed by atoms with Crippen molar-refractivity contribution in [1.29, 1.82) is 0 Å². The maximum absolute atomic E-state index is 14.0. The van der Waals surface area contributed by atoms with E-state index in [1.807, 2.05) is 56.1 Å². The van der Waals surface area contributed by atoms with Crippen LogP contribution < -0.4 is 4.74 Å². The van der Waals surface area contributed by atoms with Gasteiger partial charge in [-0.05, 0) is 62.3 Å². The van der Waals surface area contributed by atoms with Gasteiger partial charge in [0, 0.05) is 62.6 Å². The van der Waals surface area contributed by atoms with Crippen molar-refractivity contribution in [2.45, 2.75) is 64.3 Å². The van der Waals surface area contributed by atoms with Crippen LogP contribution in [0.4, 0.5) is 4.79 Å². The first-order chi connectivity index (χ1) is 20.2. The van der Waals surface area contributed by atoms with Crippen LogP contribution in [0, 0.1) is 0 Å². The van der Waals surface area contributed by atoms with Gasteiger partial charge in [0.1, 0.15) is 11.4 Å². The zero-order chi connectivity index (χ0) is 29.7. The molecular formula is C33H41N3O6. The molecular weight excluding hydrogens is 534 g/mol. The van der Waals surface area contributed by atoms with Gasteiger partial charge in [0.2, 0.25) is 0 Å². The van der Waals surface area contributed by atoms with E-state index in [0.29, 0.717) is 26.3 Å². The smallest absolute Gasteiger partial charge is 0.410 e. The number of methoxy groups -OCH3 is 1. The normalized spacial score (nSPS) is 17.2. The molecule has 9 nitrogen and oxygen atoms in total. The van der Waals surface area contributed by atoms with Crippen molar-refractivity contribution in [1.82, 2.24) is 14.8 Å². The average molecular weight is 576 g/mol. The average Bonchev–Trinajstić information content (AvgIpc) is 3.83. The second-order valence-corrected chi connectivity index (χ2v) is 11.9. The summed E-state index contributed by atoms with van der Waals surface area (Å²) >= 11 is 0. The first kappa shape index (κ1) is 29.8. The van der Waals surface area contributed by atoms with Gasteiger partial charge in [-0.2, -0.15) is 0 Å². The number of aromatic nitrogens is 1. The van der Waals surface area contributed by atoms with Crippen LogP contribution in [0.5, 0.6) is 5.75 Å². The third-order valence-electron chi connectivity index (χ3n) is 7.39. The van der Waals surface area contributed by atoms with Crippen molar-refractivity contribution < 1.29 is 28.5 Å². The molecule has 1 aliphatic heterocycles. The maximum atomic E-state index is 14.0. The van der Waals surface area contributed by atoms with Crippen LogP contribution in [-0.2, 0) is 25.5 Å². The predicted molar refractivity (Wildman–Crippen MR) is 160 cm³/mol. The van der Waals surface area contributed by atoms with E-state index in [0.717, 1.165) is 52.5 Å². The number of morpholine rings is 1. The van der Waals surface area contributed by atoms with Gasteiger partial charge >= 0.3 is 6.09 Å². The van der Waals surface area contributed by atoms with Gasteiger partial charge in [0.15, 0.2) is 6.10 Å². The Kier molecular flexibility index (Phi) is 9.28. The number of pyridine rings is 1. The van der Waals surface area contributed by atoms with Crippen molar-refractivity contribution in [2.75, 3.05) is 40.0 Å². The van der Waals surface area contributed by atoms with E-state index in [9.17, 15) is 9.59 Å². The largest absolute Gasteiger partial charge is 0.493 e. The zero-order valence-electron chi connectivity index (χ0n) is 25.0. The summed E-state index contributed by atoms with van der Waals surface area (Å²) in [6, 6.07) is 14.3. The number of rotatable bonds is 10. The predicted octanol–water partition coefficient (Wildman–Crippen LogP) is 5.44. The summed E-state index contributed by atoms with van der Waals surface area (Å²) in [7, 11) is 1.68. The Balaban J connectivity index is 1.47. The summed E-state index contributed by atoms with van der Waals surface area (Å²) in [6.07, 6.45) is 5.08. The van der Waals surface area contributed by atoms with E-state index in [1.165, 1.54) is 0 Å². The molecule has 3 aromatic rings. The van der Waals surface area contributed by atoms with Crippen molar-refractivity contribution in [3.63, 3.8) is 0 Å². The molecule has 5 rings (SSSR count). The molecule has 2 heterocycles. The number of carbonyl (C=O) groups is 2. The van der Waals surface area contributed by atoms with E-state index in [4.69, 9.17) is 18.9 Å². The van der Waals surface area contributed by atoms with Crippen LogP contribution >= 0.6 is 0 Å². The zero-order valence-corrected chi connectivity index (χ0v) is 25.0. The molecule has 2 aliphatic rings. The lowest BCUT2D eigenvalue weighted by molar-refractivity contribution is -0.150. The quantitative estimate of drug-likeness (QED) is 0.297. The molecule has 0 bridgehead atoms. The Morgan fingerprint density at radius 2 is 1.88 bits per heavy atom. The third kappa shape index (κ3) is 7.20. The molecule has 1 saturated carbocycles. The van der Waals surface area contributed by atoms with Gasteiger partial charge in [-0.3, -0.25) is 9.78 Å². The molecule has 224 valence electrons. The van der Waals surface area contributed by atoms with Crippen LogP contribution in [0.3, 0.4) is 0 Å². The van der Waals surface area contributed by atoms with Crippen LogP contribution in [-0.4, -0.2) is 84.6 Å². The van der Waals surface area contributed by atoms with Gasteiger partial charge in [-0.15, -0.1) is 0 Å². The van der Waals surface area contributed by atoms with E-state index >= 15 is 0 Å². The van der Waals surface area contributed by atoms with Gasteiger partial charge in [-0.25, -0.2) is 4.79 Å². The third-order valence-corrected chi connectivity index (χ3v) is 7.39. The molecule has 1 atom stereocenters. The second-order valence-electron chi connectivity index (χ2n) is 11.9. The number of hydrogen-bond donors (Lipinski definition) is 0. The lowest BCUT2D eigenvalue weighted by Crippen LogP contribution is -2.53. The Morgan fingerprint density at radius 3 is 2.57 bits per heavy atom. The number of hydrogen-bond acceptors (Lipinski definition) is 7.